The number of hydrogen-bond acceptors (Lipinski definition) is 2. The summed E-state index contributed by atoms with van der Waals surface area (Å²) >= 11 is 0. The van der Waals surface area contributed by atoms with E-state index in [1.54, 1.807) is 0 Å². The van der Waals surface area contributed by atoms with Crippen molar-refractivity contribution in [1.82, 2.24) is 5.32 Å². The van der Waals surface area contributed by atoms with Crippen LogP contribution in [0.25, 0.3) is 0 Å². The number of carbonyl (C=O) groups is 2. The summed E-state index contributed by atoms with van der Waals surface area (Å²) in [5, 5.41) is 11.6. The SMILES string of the molecule is CC(C)CC(=O)NC(CC(=O)O)C(C)(C)C. The molecule has 1 amide bonds. The number of carbonyl (C=O) groups excluding carboxylic acids is 1. The van der Waals surface area contributed by atoms with Crippen molar-refractivity contribution in [1.29, 1.82) is 0 Å². The van der Waals surface area contributed by atoms with E-state index in [9.17, 15) is 9.59 Å². The third kappa shape index (κ3) is 6.43. The second-order valence-corrected chi connectivity index (χ2v) is 5.68. The van der Waals surface area contributed by atoms with E-state index >= 15 is 0 Å². The van der Waals surface area contributed by atoms with E-state index in [1.165, 1.54) is 0 Å². The summed E-state index contributed by atoms with van der Waals surface area (Å²) in [4.78, 5) is 22.3. The first kappa shape index (κ1) is 14.9. The second kappa shape index (κ2) is 5.87. The molecule has 0 spiro atoms. The average Bonchev–Trinajstić information content (AvgIpc) is 1.98. The standard InChI is InChI=1S/C12H23NO3/c1-8(2)6-10(14)13-9(7-11(15)16)12(3,4)5/h8-9H,6-7H2,1-5H3,(H,13,14)(H,15,16). The number of rotatable bonds is 5. The molecule has 0 aromatic carbocycles. The summed E-state index contributed by atoms with van der Waals surface area (Å²) in [6.45, 7) is 9.70. The minimum atomic E-state index is -0.884. The Bertz CT molecular complexity index is 253. The molecule has 0 rings (SSSR count). The molecule has 0 aromatic heterocycles. The number of amides is 1. The Hall–Kier alpha value is -1.06. The van der Waals surface area contributed by atoms with Crippen LogP contribution in [-0.4, -0.2) is 23.0 Å². The van der Waals surface area contributed by atoms with Gasteiger partial charge in [-0.1, -0.05) is 34.6 Å². The largest absolute Gasteiger partial charge is 0.481 e. The molecule has 0 heterocycles. The highest BCUT2D eigenvalue weighted by molar-refractivity contribution is 5.77. The molecule has 1 atom stereocenters. The van der Waals surface area contributed by atoms with E-state index in [-0.39, 0.29) is 29.7 Å². The van der Waals surface area contributed by atoms with Crippen molar-refractivity contribution < 1.29 is 14.7 Å². The predicted molar refractivity (Wildman–Crippen MR) is 63.1 cm³/mol. The number of hydrogen-bond donors (Lipinski definition) is 2. The molecule has 0 saturated carbocycles. The van der Waals surface area contributed by atoms with E-state index < -0.39 is 5.97 Å². The number of nitrogens with one attached hydrogen (secondary N) is 1. The minimum absolute atomic E-state index is 0.0344. The topological polar surface area (TPSA) is 66.4 Å². The molecule has 0 aliphatic heterocycles. The van der Waals surface area contributed by atoms with Crippen LogP contribution in [-0.2, 0) is 9.59 Å². The zero-order valence-electron chi connectivity index (χ0n) is 10.8. The highest BCUT2D eigenvalue weighted by Gasteiger charge is 2.28. The van der Waals surface area contributed by atoms with Gasteiger partial charge in [0.1, 0.15) is 0 Å². The van der Waals surface area contributed by atoms with Crippen LogP contribution in [0.3, 0.4) is 0 Å². The van der Waals surface area contributed by atoms with Gasteiger partial charge in [-0.2, -0.15) is 0 Å². The number of carboxylic acid groups (broad SMARTS) is 1. The molecule has 0 radical (unpaired) electrons. The molecule has 0 aliphatic rings. The van der Waals surface area contributed by atoms with Crippen LogP contribution >= 0.6 is 0 Å². The van der Waals surface area contributed by atoms with Gasteiger partial charge < -0.3 is 10.4 Å². The van der Waals surface area contributed by atoms with Crippen molar-refractivity contribution in [3.8, 4) is 0 Å². The lowest BCUT2D eigenvalue weighted by molar-refractivity contribution is -0.138. The van der Waals surface area contributed by atoms with Crippen LogP contribution in [0.4, 0.5) is 0 Å². The molecule has 4 heteroatoms. The van der Waals surface area contributed by atoms with E-state index in [4.69, 9.17) is 5.11 Å². The summed E-state index contributed by atoms with van der Waals surface area (Å²) < 4.78 is 0. The summed E-state index contributed by atoms with van der Waals surface area (Å²) in [5.74, 6) is -0.675. The van der Waals surface area contributed by atoms with Crippen molar-refractivity contribution in [3.05, 3.63) is 0 Å². The monoisotopic (exact) mass is 229 g/mol. The Balaban J connectivity index is 4.44. The lowest BCUT2D eigenvalue weighted by Gasteiger charge is -2.30. The van der Waals surface area contributed by atoms with Gasteiger partial charge in [-0.15, -0.1) is 0 Å². The first-order valence-corrected chi connectivity index (χ1v) is 5.64. The Morgan fingerprint density at radius 2 is 1.69 bits per heavy atom. The normalized spacial score (nSPS) is 13.6. The van der Waals surface area contributed by atoms with Gasteiger partial charge in [-0.25, -0.2) is 0 Å². The highest BCUT2D eigenvalue weighted by Crippen LogP contribution is 2.22. The fourth-order valence-electron chi connectivity index (χ4n) is 1.37. The average molecular weight is 229 g/mol. The van der Waals surface area contributed by atoms with Gasteiger partial charge >= 0.3 is 5.97 Å². The summed E-state index contributed by atoms with van der Waals surface area (Å²) in [5.41, 5.74) is -0.245. The van der Waals surface area contributed by atoms with Crippen molar-refractivity contribution in [2.45, 2.75) is 53.5 Å². The van der Waals surface area contributed by atoms with Crippen molar-refractivity contribution in [2.75, 3.05) is 0 Å². The number of aliphatic carboxylic acids is 1. The van der Waals surface area contributed by atoms with E-state index in [0.717, 1.165) is 0 Å². The van der Waals surface area contributed by atoms with Crippen molar-refractivity contribution >= 4 is 11.9 Å². The van der Waals surface area contributed by atoms with Gasteiger partial charge in [0.25, 0.3) is 0 Å². The molecule has 2 N–H and O–H groups in total. The minimum Gasteiger partial charge on any atom is -0.481 e. The lowest BCUT2D eigenvalue weighted by atomic mass is 9.84. The molecule has 0 aliphatic carbocycles. The van der Waals surface area contributed by atoms with Crippen LogP contribution in [0.2, 0.25) is 0 Å². The maximum absolute atomic E-state index is 11.6. The fourth-order valence-corrected chi connectivity index (χ4v) is 1.37. The Labute approximate surface area is 97.4 Å². The van der Waals surface area contributed by atoms with Crippen LogP contribution in [0.5, 0.6) is 0 Å². The van der Waals surface area contributed by atoms with Gasteiger partial charge in [-0.05, 0) is 11.3 Å². The molecular formula is C12H23NO3. The van der Waals surface area contributed by atoms with Crippen LogP contribution in [0.1, 0.15) is 47.5 Å². The van der Waals surface area contributed by atoms with Crippen molar-refractivity contribution in [3.63, 3.8) is 0 Å². The number of carboxylic acids is 1. The molecule has 0 saturated heterocycles. The molecule has 94 valence electrons. The van der Waals surface area contributed by atoms with Crippen LogP contribution < -0.4 is 5.32 Å². The molecule has 0 fully saturated rings. The quantitative estimate of drug-likeness (QED) is 0.758. The summed E-state index contributed by atoms with van der Waals surface area (Å²) in [6, 6.07) is -0.323. The predicted octanol–water partition coefficient (Wildman–Crippen LogP) is 2.04. The first-order valence-electron chi connectivity index (χ1n) is 5.64. The molecule has 16 heavy (non-hydrogen) atoms. The highest BCUT2D eigenvalue weighted by atomic mass is 16.4. The lowest BCUT2D eigenvalue weighted by Crippen LogP contribution is -2.45. The van der Waals surface area contributed by atoms with Gasteiger partial charge in [0.05, 0.1) is 6.42 Å². The van der Waals surface area contributed by atoms with E-state index in [1.807, 2.05) is 34.6 Å². The maximum atomic E-state index is 11.6. The molecule has 0 aromatic rings. The first-order chi connectivity index (χ1) is 7.12. The third-order valence-corrected chi connectivity index (χ3v) is 2.35. The van der Waals surface area contributed by atoms with Gasteiger partial charge in [0.2, 0.25) is 5.91 Å². The maximum Gasteiger partial charge on any atom is 0.305 e. The smallest absolute Gasteiger partial charge is 0.305 e. The van der Waals surface area contributed by atoms with Crippen LogP contribution in [0.15, 0.2) is 0 Å². The molecule has 4 nitrogen and oxygen atoms in total. The van der Waals surface area contributed by atoms with E-state index in [2.05, 4.69) is 5.32 Å². The zero-order valence-corrected chi connectivity index (χ0v) is 10.8. The van der Waals surface area contributed by atoms with Gasteiger partial charge in [0.15, 0.2) is 0 Å². The summed E-state index contributed by atoms with van der Waals surface area (Å²) in [7, 11) is 0. The molecular weight excluding hydrogens is 206 g/mol. The summed E-state index contributed by atoms with van der Waals surface area (Å²) in [6.07, 6.45) is 0.402. The Kier molecular flexibility index (Phi) is 5.48. The Morgan fingerprint density at radius 1 is 1.19 bits per heavy atom. The zero-order chi connectivity index (χ0) is 12.9. The van der Waals surface area contributed by atoms with Gasteiger partial charge in [0, 0.05) is 12.5 Å². The van der Waals surface area contributed by atoms with Crippen LogP contribution in [0, 0.1) is 11.3 Å². The van der Waals surface area contributed by atoms with Crippen molar-refractivity contribution in [2.24, 2.45) is 11.3 Å². The second-order valence-electron chi connectivity index (χ2n) is 5.68. The Morgan fingerprint density at radius 3 is 2.00 bits per heavy atom. The van der Waals surface area contributed by atoms with E-state index in [0.29, 0.717) is 6.42 Å². The fraction of sp³-hybridized carbons (Fsp3) is 0.833. The van der Waals surface area contributed by atoms with Gasteiger partial charge in [-0.3, -0.25) is 9.59 Å². The third-order valence-electron chi connectivity index (χ3n) is 2.35. The molecule has 0 bridgehead atoms. The molecule has 1 unspecified atom stereocenters.